The molecular formula is C22H23N3O. The standard InChI is InChI=1S/C22H23N3O/c1-17-9-11-20(18(2)13-17)16-24(3)22(26)12-10-19-14-23-25(15-19)21-7-5-4-6-8-21/h4-15H,16H2,1-3H3. The molecule has 0 spiro atoms. The van der Waals surface area contributed by atoms with Crippen molar-refractivity contribution in [3.8, 4) is 5.69 Å². The van der Waals surface area contributed by atoms with Crippen molar-refractivity contribution in [1.82, 2.24) is 14.7 Å². The number of carbonyl (C=O) groups is 1. The van der Waals surface area contributed by atoms with Gasteiger partial charge in [-0.05, 0) is 43.2 Å². The molecule has 1 amide bonds. The Labute approximate surface area is 154 Å². The fourth-order valence-electron chi connectivity index (χ4n) is 2.80. The summed E-state index contributed by atoms with van der Waals surface area (Å²) < 4.78 is 1.80. The number of nitrogens with zero attached hydrogens (tertiary/aromatic N) is 3. The third-order valence-electron chi connectivity index (χ3n) is 4.32. The molecule has 0 radical (unpaired) electrons. The molecule has 0 bridgehead atoms. The van der Waals surface area contributed by atoms with Gasteiger partial charge in [-0.25, -0.2) is 4.68 Å². The number of aryl methyl sites for hydroxylation is 2. The van der Waals surface area contributed by atoms with E-state index in [4.69, 9.17) is 0 Å². The largest absolute Gasteiger partial charge is 0.338 e. The average Bonchev–Trinajstić information content (AvgIpc) is 3.11. The lowest BCUT2D eigenvalue weighted by atomic mass is 10.1. The van der Waals surface area contributed by atoms with Gasteiger partial charge in [0.2, 0.25) is 5.91 Å². The number of hydrogen-bond acceptors (Lipinski definition) is 2. The first-order chi connectivity index (χ1) is 12.5. The van der Waals surface area contributed by atoms with E-state index in [0.29, 0.717) is 6.54 Å². The summed E-state index contributed by atoms with van der Waals surface area (Å²) >= 11 is 0. The van der Waals surface area contributed by atoms with Crippen LogP contribution in [-0.4, -0.2) is 27.6 Å². The molecule has 0 N–H and O–H groups in total. The molecule has 0 saturated carbocycles. The topological polar surface area (TPSA) is 38.1 Å². The SMILES string of the molecule is Cc1ccc(CN(C)C(=O)C=Cc2cnn(-c3ccccc3)c2)c(C)c1. The first-order valence-electron chi connectivity index (χ1n) is 8.62. The molecular weight excluding hydrogens is 322 g/mol. The first-order valence-corrected chi connectivity index (χ1v) is 8.62. The van der Waals surface area contributed by atoms with Crippen molar-refractivity contribution >= 4 is 12.0 Å². The highest BCUT2D eigenvalue weighted by Gasteiger charge is 2.08. The van der Waals surface area contributed by atoms with Gasteiger partial charge in [0, 0.05) is 31.4 Å². The number of carbonyl (C=O) groups excluding carboxylic acids is 1. The monoisotopic (exact) mass is 345 g/mol. The maximum Gasteiger partial charge on any atom is 0.246 e. The lowest BCUT2D eigenvalue weighted by molar-refractivity contribution is -0.125. The number of aromatic nitrogens is 2. The number of para-hydroxylation sites is 1. The van der Waals surface area contributed by atoms with E-state index in [0.717, 1.165) is 16.8 Å². The zero-order chi connectivity index (χ0) is 18.5. The van der Waals surface area contributed by atoms with Crippen molar-refractivity contribution in [2.24, 2.45) is 0 Å². The molecule has 0 aliphatic heterocycles. The Hall–Kier alpha value is -3.14. The third-order valence-corrected chi connectivity index (χ3v) is 4.32. The number of likely N-dealkylation sites (N-methyl/N-ethyl adjacent to an activating group) is 1. The highest BCUT2D eigenvalue weighted by molar-refractivity contribution is 5.91. The summed E-state index contributed by atoms with van der Waals surface area (Å²) in [6.07, 6.45) is 7.05. The molecule has 1 aromatic heterocycles. The van der Waals surface area contributed by atoms with Crippen molar-refractivity contribution in [1.29, 1.82) is 0 Å². The van der Waals surface area contributed by atoms with Gasteiger partial charge in [0.05, 0.1) is 11.9 Å². The minimum Gasteiger partial charge on any atom is -0.338 e. The highest BCUT2D eigenvalue weighted by atomic mass is 16.2. The second-order valence-electron chi connectivity index (χ2n) is 6.51. The Morgan fingerprint density at radius 2 is 1.92 bits per heavy atom. The van der Waals surface area contributed by atoms with Crippen LogP contribution in [0.5, 0.6) is 0 Å². The summed E-state index contributed by atoms with van der Waals surface area (Å²) in [7, 11) is 1.82. The zero-order valence-electron chi connectivity index (χ0n) is 15.4. The Morgan fingerprint density at radius 3 is 2.65 bits per heavy atom. The van der Waals surface area contributed by atoms with Gasteiger partial charge in [0.15, 0.2) is 0 Å². The van der Waals surface area contributed by atoms with E-state index in [1.54, 1.807) is 27.9 Å². The summed E-state index contributed by atoms with van der Waals surface area (Å²) in [5.41, 5.74) is 5.48. The van der Waals surface area contributed by atoms with Gasteiger partial charge in [0.25, 0.3) is 0 Å². The van der Waals surface area contributed by atoms with Crippen LogP contribution in [0.25, 0.3) is 11.8 Å². The van der Waals surface area contributed by atoms with Crippen molar-refractivity contribution in [2.45, 2.75) is 20.4 Å². The zero-order valence-corrected chi connectivity index (χ0v) is 15.4. The van der Waals surface area contributed by atoms with E-state index in [2.05, 4.69) is 37.1 Å². The van der Waals surface area contributed by atoms with Gasteiger partial charge in [0.1, 0.15) is 0 Å². The van der Waals surface area contributed by atoms with Gasteiger partial charge in [-0.2, -0.15) is 5.10 Å². The maximum absolute atomic E-state index is 12.4. The summed E-state index contributed by atoms with van der Waals surface area (Å²) in [5.74, 6) is -0.0302. The number of amides is 1. The first kappa shape index (κ1) is 17.7. The predicted molar refractivity (Wildman–Crippen MR) is 105 cm³/mol. The molecule has 2 aromatic carbocycles. The predicted octanol–water partition coefficient (Wildman–Crippen LogP) is 4.16. The number of rotatable bonds is 5. The molecule has 0 saturated heterocycles. The smallest absolute Gasteiger partial charge is 0.246 e. The van der Waals surface area contributed by atoms with Crippen LogP contribution in [0.15, 0.2) is 67.0 Å². The summed E-state index contributed by atoms with van der Waals surface area (Å²) in [6.45, 7) is 4.75. The van der Waals surface area contributed by atoms with Gasteiger partial charge in [-0.1, -0.05) is 42.0 Å². The molecule has 0 aliphatic carbocycles. The van der Waals surface area contributed by atoms with Crippen LogP contribution in [0.4, 0.5) is 0 Å². The van der Waals surface area contributed by atoms with Crippen LogP contribution in [0, 0.1) is 13.8 Å². The van der Waals surface area contributed by atoms with Crippen LogP contribution >= 0.6 is 0 Å². The minimum absolute atomic E-state index is 0.0302. The molecule has 132 valence electrons. The second kappa shape index (κ2) is 7.83. The normalized spacial score (nSPS) is 11.0. The average molecular weight is 345 g/mol. The Morgan fingerprint density at radius 1 is 1.15 bits per heavy atom. The molecule has 26 heavy (non-hydrogen) atoms. The fourth-order valence-corrected chi connectivity index (χ4v) is 2.80. The molecule has 3 rings (SSSR count). The lowest BCUT2D eigenvalue weighted by Crippen LogP contribution is -2.24. The molecule has 4 heteroatoms. The van der Waals surface area contributed by atoms with Crippen molar-refractivity contribution in [3.05, 3.63) is 89.3 Å². The molecule has 3 aromatic rings. The molecule has 0 fully saturated rings. The lowest BCUT2D eigenvalue weighted by Gasteiger charge is -2.17. The molecule has 0 atom stereocenters. The Kier molecular flexibility index (Phi) is 5.32. The van der Waals surface area contributed by atoms with Crippen molar-refractivity contribution < 1.29 is 4.79 Å². The molecule has 0 unspecified atom stereocenters. The molecule has 1 heterocycles. The Balaban J connectivity index is 1.64. The van der Waals surface area contributed by atoms with Crippen molar-refractivity contribution in [2.75, 3.05) is 7.05 Å². The fraction of sp³-hybridized carbons (Fsp3) is 0.182. The summed E-state index contributed by atoms with van der Waals surface area (Å²) in [5, 5.41) is 4.34. The van der Waals surface area contributed by atoms with E-state index >= 15 is 0 Å². The summed E-state index contributed by atoms with van der Waals surface area (Å²) in [6, 6.07) is 16.2. The van der Waals surface area contributed by atoms with Crippen molar-refractivity contribution in [3.63, 3.8) is 0 Å². The minimum atomic E-state index is -0.0302. The quantitative estimate of drug-likeness (QED) is 0.651. The van der Waals surface area contributed by atoms with Crippen LogP contribution in [-0.2, 0) is 11.3 Å². The van der Waals surface area contributed by atoms with Gasteiger partial charge in [-0.3, -0.25) is 4.79 Å². The van der Waals surface area contributed by atoms with Crippen LogP contribution in [0.2, 0.25) is 0 Å². The Bertz CT molecular complexity index is 926. The van der Waals surface area contributed by atoms with Crippen LogP contribution in [0.1, 0.15) is 22.3 Å². The van der Waals surface area contributed by atoms with Gasteiger partial charge < -0.3 is 4.90 Å². The van der Waals surface area contributed by atoms with E-state index in [-0.39, 0.29) is 5.91 Å². The van der Waals surface area contributed by atoms with E-state index in [9.17, 15) is 4.79 Å². The van der Waals surface area contributed by atoms with E-state index < -0.39 is 0 Å². The van der Waals surface area contributed by atoms with E-state index in [1.165, 1.54) is 11.1 Å². The number of benzene rings is 2. The van der Waals surface area contributed by atoms with Gasteiger partial charge >= 0.3 is 0 Å². The number of hydrogen-bond donors (Lipinski definition) is 0. The van der Waals surface area contributed by atoms with E-state index in [1.807, 2.05) is 43.6 Å². The summed E-state index contributed by atoms with van der Waals surface area (Å²) in [4.78, 5) is 14.1. The molecule has 0 aliphatic rings. The highest BCUT2D eigenvalue weighted by Crippen LogP contribution is 2.13. The molecule has 4 nitrogen and oxygen atoms in total. The van der Waals surface area contributed by atoms with Gasteiger partial charge in [-0.15, -0.1) is 0 Å². The second-order valence-corrected chi connectivity index (χ2v) is 6.51. The van der Waals surface area contributed by atoms with Crippen LogP contribution in [0.3, 0.4) is 0 Å². The maximum atomic E-state index is 12.4. The van der Waals surface area contributed by atoms with Crippen LogP contribution < -0.4 is 0 Å². The third kappa shape index (κ3) is 4.28.